The van der Waals surface area contributed by atoms with E-state index >= 15 is 0 Å². The Kier molecular flexibility index (Phi) is 6.96. The van der Waals surface area contributed by atoms with Crippen LogP contribution in [0.25, 0.3) is 0 Å². The summed E-state index contributed by atoms with van der Waals surface area (Å²) in [4.78, 5) is 1.97. The van der Waals surface area contributed by atoms with Crippen LogP contribution < -0.4 is 4.35 Å². The molecule has 0 atom stereocenters. The SMILES string of the molecule is CI.C[As](C)c1ccc(O)cc1. The summed E-state index contributed by atoms with van der Waals surface area (Å²) in [6.07, 6.45) is 0. The maximum absolute atomic E-state index is 8.95. The average molecular weight is 340 g/mol. The molecule has 0 amide bonds. The van der Waals surface area contributed by atoms with Crippen molar-refractivity contribution in [3.05, 3.63) is 24.3 Å². The van der Waals surface area contributed by atoms with Crippen molar-refractivity contribution in [2.24, 2.45) is 0 Å². The Morgan fingerprint density at radius 3 is 1.83 bits per heavy atom. The van der Waals surface area contributed by atoms with Gasteiger partial charge in [0.15, 0.2) is 0 Å². The van der Waals surface area contributed by atoms with Crippen LogP contribution in [0.15, 0.2) is 24.3 Å². The molecular weight excluding hydrogens is 326 g/mol. The Morgan fingerprint density at radius 1 is 1.08 bits per heavy atom. The summed E-state index contributed by atoms with van der Waals surface area (Å²) in [5.41, 5.74) is 4.55. The van der Waals surface area contributed by atoms with Crippen LogP contribution in [0.2, 0.25) is 11.4 Å². The second kappa shape index (κ2) is 6.78. The van der Waals surface area contributed by atoms with Crippen molar-refractivity contribution in [2.45, 2.75) is 11.4 Å². The van der Waals surface area contributed by atoms with Crippen molar-refractivity contribution < 1.29 is 5.11 Å². The van der Waals surface area contributed by atoms with Crippen LogP contribution in [-0.4, -0.2) is 24.7 Å². The Bertz CT molecular complexity index is 208. The zero-order valence-corrected chi connectivity index (χ0v) is 11.6. The number of benzene rings is 1. The molecule has 3 heteroatoms. The Hall–Kier alpha value is 0.308. The first-order valence-electron chi connectivity index (χ1n) is 3.54. The van der Waals surface area contributed by atoms with E-state index in [4.69, 9.17) is 5.11 Å². The Morgan fingerprint density at radius 2 is 1.50 bits per heavy atom. The third-order valence-corrected chi connectivity index (χ3v) is 4.16. The molecule has 1 N–H and O–H groups in total. The molecule has 0 heterocycles. The maximum atomic E-state index is 8.95. The van der Waals surface area contributed by atoms with Crippen molar-refractivity contribution in [1.82, 2.24) is 0 Å². The molecule has 0 spiro atoms. The summed E-state index contributed by atoms with van der Waals surface area (Å²) in [5.74, 6) is 0.361. The number of phenols is 1. The molecule has 0 bridgehead atoms. The second-order valence-electron chi connectivity index (χ2n) is 2.41. The molecule has 0 unspecified atom stereocenters. The van der Waals surface area contributed by atoms with Gasteiger partial charge < -0.3 is 0 Å². The topological polar surface area (TPSA) is 20.2 Å². The molecule has 12 heavy (non-hydrogen) atoms. The van der Waals surface area contributed by atoms with Gasteiger partial charge in [-0.05, 0) is 4.93 Å². The Balaban J connectivity index is 0.000000561. The van der Waals surface area contributed by atoms with Crippen molar-refractivity contribution in [3.8, 4) is 5.75 Å². The van der Waals surface area contributed by atoms with Gasteiger partial charge in [0.2, 0.25) is 0 Å². The van der Waals surface area contributed by atoms with Gasteiger partial charge in [-0.3, -0.25) is 0 Å². The number of phenolic OH excluding ortho intramolecular Hbond substituents is 1. The van der Waals surface area contributed by atoms with E-state index in [1.807, 2.05) is 17.1 Å². The van der Waals surface area contributed by atoms with Crippen LogP contribution in [0, 0.1) is 0 Å². The molecule has 0 fully saturated rings. The molecule has 1 aromatic rings. The number of rotatable bonds is 1. The van der Waals surface area contributed by atoms with Crippen molar-refractivity contribution in [2.75, 3.05) is 4.93 Å². The molecule has 0 radical (unpaired) electrons. The first kappa shape index (κ1) is 12.3. The zero-order valence-electron chi connectivity index (χ0n) is 7.58. The molecule has 0 aliphatic carbocycles. The number of alkyl halides is 1. The van der Waals surface area contributed by atoms with Crippen LogP contribution in [0.3, 0.4) is 0 Å². The fourth-order valence-electron chi connectivity index (χ4n) is 0.751. The average Bonchev–Trinajstić information content (AvgIpc) is 2.09. The molecule has 68 valence electrons. The number of halogens is 1. The first-order valence-corrected chi connectivity index (χ1v) is 10.4. The van der Waals surface area contributed by atoms with Gasteiger partial charge in [-0.2, -0.15) is 0 Å². The van der Waals surface area contributed by atoms with Gasteiger partial charge in [-0.15, -0.1) is 0 Å². The zero-order chi connectivity index (χ0) is 9.56. The van der Waals surface area contributed by atoms with Crippen LogP contribution in [0.4, 0.5) is 0 Å². The van der Waals surface area contributed by atoms with E-state index in [1.165, 1.54) is 4.35 Å². The monoisotopic (exact) mass is 340 g/mol. The van der Waals surface area contributed by atoms with Gasteiger partial charge in [-0.1, -0.05) is 22.6 Å². The predicted octanol–water partition coefficient (Wildman–Crippen LogP) is 2.40. The minimum absolute atomic E-state index is 0.361. The van der Waals surface area contributed by atoms with Gasteiger partial charge in [0.1, 0.15) is 0 Å². The summed E-state index contributed by atoms with van der Waals surface area (Å²) in [6, 6.07) is 7.53. The molecule has 1 rings (SSSR count). The van der Waals surface area contributed by atoms with Crippen molar-refractivity contribution in [1.29, 1.82) is 0 Å². The molecule has 0 saturated heterocycles. The van der Waals surface area contributed by atoms with Gasteiger partial charge in [0, 0.05) is 0 Å². The first-order chi connectivity index (χ1) is 5.70. The molecule has 1 aromatic carbocycles. The van der Waals surface area contributed by atoms with E-state index in [9.17, 15) is 0 Å². The van der Waals surface area contributed by atoms with Gasteiger partial charge in [-0.25, -0.2) is 0 Å². The standard InChI is InChI=1S/C8H11AsO.CH3I/c1-9(2)7-3-5-8(10)6-4-7;1-2/h3-6,10H,1-2H3;1H3. The van der Waals surface area contributed by atoms with Gasteiger partial charge in [0.05, 0.1) is 0 Å². The van der Waals surface area contributed by atoms with Gasteiger partial charge in [0.25, 0.3) is 0 Å². The van der Waals surface area contributed by atoms with E-state index < -0.39 is 14.7 Å². The summed E-state index contributed by atoms with van der Waals surface area (Å²) in [5, 5.41) is 8.95. The van der Waals surface area contributed by atoms with Crippen molar-refractivity contribution in [3.63, 3.8) is 0 Å². The number of hydrogen-bond donors (Lipinski definition) is 1. The molecule has 0 aromatic heterocycles. The normalized spacial score (nSPS) is 9.08. The van der Waals surface area contributed by atoms with Crippen LogP contribution in [-0.2, 0) is 0 Å². The molecular formula is C9H14AsIO. The fraction of sp³-hybridized carbons (Fsp3) is 0.333. The molecule has 1 nitrogen and oxygen atoms in total. The summed E-state index contributed by atoms with van der Waals surface area (Å²) in [7, 11) is 0. The van der Waals surface area contributed by atoms with Gasteiger partial charge >= 0.3 is 65.5 Å². The van der Waals surface area contributed by atoms with Crippen LogP contribution in [0.1, 0.15) is 0 Å². The summed E-state index contributed by atoms with van der Waals surface area (Å²) in [6.45, 7) is 0. The van der Waals surface area contributed by atoms with Crippen LogP contribution in [0.5, 0.6) is 5.75 Å². The van der Waals surface area contributed by atoms with Crippen LogP contribution >= 0.6 is 22.6 Å². The summed E-state index contributed by atoms with van der Waals surface area (Å²) >= 11 is 1.43. The Labute approximate surface area is 92.6 Å². The molecule has 0 saturated carbocycles. The minimum atomic E-state index is -0.721. The predicted molar refractivity (Wildman–Crippen MR) is 65.2 cm³/mol. The van der Waals surface area contributed by atoms with E-state index in [1.54, 1.807) is 12.1 Å². The number of aromatic hydroxyl groups is 1. The molecule has 0 aliphatic rings. The number of hydrogen-bond acceptors (Lipinski definition) is 1. The quantitative estimate of drug-likeness (QED) is 0.473. The van der Waals surface area contributed by atoms with E-state index in [2.05, 4.69) is 34.0 Å². The van der Waals surface area contributed by atoms with E-state index in [0.29, 0.717) is 5.75 Å². The third kappa shape index (κ3) is 4.36. The molecule has 0 aliphatic heterocycles. The van der Waals surface area contributed by atoms with E-state index in [0.717, 1.165) is 0 Å². The van der Waals surface area contributed by atoms with E-state index in [-0.39, 0.29) is 0 Å². The van der Waals surface area contributed by atoms with Crippen molar-refractivity contribution >= 4 is 41.6 Å². The third-order valence-electron chi connectivity index (χ3n) is 1.37. The summed E-state index contributed by atoms with van der Waals surface area (Å²) < 4.78 is 1.41. The second-order valence-corrected chi connectivity index (χ2v) is 7.25. The fourth-order valence-corrected chi connectivity index (χ4v) is 2.31.